The van der Waals surface area contributed by atoms with Crippen LogP contribution in [-0.4, -0.2) is 26.0 Å². The Hall–Kier alpha value is -3.32. The number of amides is 1. The maximum atomic E-state index is 13.0. The molecule has 37 heavy (non-hydrogen) atoms. The molecule has 1 heterocycles. The first kappa shape index (κ1) is 22.8. The molecule has 0 radical (unpaired) electrons. The molecular formula is C30H31N5OS. The van der Waals surface area contributed by atoms with E-state index < -0.39 is 0 Å². The molecule has 0 unspecified atom stereocenters. The zero-order valence-corrected chi connectivity index (χ0v) is 21.9. The minimum Gasteiger partial charge on any atom is -0.332 e. The molecule has 0 saturated heterocycles. The molecule has 4 fully saturated rings. The number of aromatic nitrogens is 3. The van der Waals surface area contributed by atoms with Crippen LogP contribution in [0.4, 0.5) is 5.69 Å². The number of carbonyl (C=O) groups excluding carboxylic acids is 1. The van der Waals surface area contributed by atoms with Gasteiger partial charge < -0.3 is 10.6 Å². The number of hydrogen-bond acceptors (Lipinski definition) is 4. The average molecular weight is 510 g/mol. The zero-order valence-electron chi connectivity index (χ0n) is 21.0. The molecule has 0 spiro atoms. The highest BCUT2D eigenvalue weighted by Gasteiger charge is 2.51. The van der Waals surface area contributed by atoms with Crippen molar-refractivity contribution in [1.82, 2.24) is 20.3 Å². The summed E-state index contributed by atoms with van der Waals surface area (Å²) in [6, 6.07) is 18.3. The lowest BCUT2D eigenvalue weighted by Gasteiger charge is -2.56. The monoisotopic (exact) mass is 509 g/mol. The van der Waals surface area contributed by atoms with Crippen LogP contribution in [0.1, 0.15) is 50.5 Å². The molecule has 7 heteroatoms. The topological polar surface area (TPSA) is 71.8 Å². The summed E-state index contributed by atoms with van der Waals surface area (Å²) < 4.78 is 0. The van der Waals surface area contributed by atoms with Crippen LogP contribution in [0.25, 0.3) is 27.5 Å². The number of rotatable bonds is 4. The first-order valence-corrected chi connectivity index (χ1v) is 13.8. The number of anilines is 1. The summed E-state index contributed by atoms with van der Waals surface area (Å²) >= 11 is 5.55. The second kappa shape index (κ2) is 8.62. The largest absolute Gasteiger partial charge is 0.332 e. The van der Waals surface area contributed by atoms with Gasteiger partial charge in [-0.05, 0) is 110 Å². The molecule has 2 N–H and O–H groups in total. The van der Waals surface area contributed by atoms with Gasteiger partial charge in [0.2, 0.25) is 5.91 Å². The van der Waals surface area contributed by atoms with Gasteiger partial charge in [0.1, 0.15) is 11.0 Å². The molecule has 8 rings (SSSR count). The van der Waals surface area contributed by atoms with E-state index in [2.05, 4.69) is 28.8 Å². The van der Waals surface area contributed by atoms with Gasteiger partial charge in [-0.2, -0.15) is 0 Å². The van der Waals surface area contributed by atoms with Gasteiger partial charge in [-0.3, -0.25) is 4.79 Å². The van der Waals surface area contributed by atoms with Gasteiger partial charge in [-0.1, -0.05) is 36.4 Å². The van der Waals surface area contributed by atoms with Gasteiger partial charge in [0.15, 0.2) is 5.11 Å². The number of benzene rings is 3. The number of aryl methyl sites for hydroxylation is 1. The highest BCUT2D eigenvalue weighted by molar-refractivity contribution is 7.80. The van der Waals surface area contributed by atoms with Crippen molar-refractivity contribution in [2.75, 3.05) is 5.32 Å². The Kier molecular flexibility index (Phi) is 5.32. The number of nitrogens with one attached hydrogen (secondary N) is 2. The van der Waals surface area contributed by atoms with Crippen LogP contribution in [0.15, 0.2) is 54.6 Å². The Balaban J connectivity index is 1.07. The van der Waals surface area contributed by atoms with E-state index in [4.69, 9.17) is 22.4 Å². The van der Waals surface area contributed by atoms with Crippen molar-refractivity contribution in [3.63, 3.8) is 0 Å². The molecule has 4 aromatic rings. The van der Waals surface area contributed by atoms with Crippen LogP contribution in [-0.2, 0) is 4.79 Å². The minimum atomic E-state index is 0.0417. The van der Waals surface area contributed by atoms with Crippen LogP contribution < -0.4 is 10.6 Å². The summed E-state index contributed by atoms with van der Waals surface area (Å²) in [7, 11) is 0. The van der Waals surface area contributed by atoms with E-state index >= 15 is 0 Å². The van der Waals surface area contributed by atoms with Crippen molar-refractivity contribution in [1.29, 1.82) is 0 Å². The summed E-state index contributed by atoms with van der Waals surface area (Å²) in [6.07, 6.45) is 8.39. The van der Waals surface area contributed by atoms with Gasteiger partial charge in [-0.25, -0.2) is 0 Å². The summed E-state index contributed by atoms with van der Waals surface area (Å²) in [5, 5.41) is 18.3. The number of thiocarbonyl (C=S) groups is 1. The number of fused-ring (bicyclic) bond motifs is 2. The Morgan fingerprint density at radius 1 is 0.973 bits per heavy atom. The Labute approximate surface area is 221 Å². The number of carbonyl (C=O) groups is 1. The van der Waals surface area contributed by atoms with Crippen molar-refractivity contribution < 1.29 is 4.79 Å². The highest BCUT2D eigenvalue weighted by atomic mass is 32.1. The van der Waals surface area contributed by atoms with Crippen LogP contribution in [0, 0.1) is 30.1 Å². The van der Waals surface area contributed by atoms with E-state index in [1.807, 2.05) is 43.3 Å². The van der Waals surface area contributed by atoms with Crippen molar-refractivity contribution in [3.05, 3.63) is 60.2 Å². The van der Waals surface area contributed by atoms with Crippen LogP contribution in [0.3, 0.4) is 0 Å². The number of hydrogen-bond donors (Lipinski definition) is 2. The van der Waals surface area contributed by atoms with Crippen molar-refractivity contribution in [2.24, 2.45) is 23.2 Å². The standard InChI is InChI=1S/C30H31N5OS/c1-18-9-25-26(34-35(33-25)27-8-4-6-22-5-2-3-7-23(22)27)13-24(18)31-29(37)32-28(36)17-30-14-19-10-20(15-30)12-21(11-19)16-30/h2-9,13,19-21H,10-12,14-17H2,1H3,(H2,31,32,36,37). The molecule has 188 valence electrons. The summed E-state index contributed by atoms with van der Waals surface area (Å²) in [4.78, 5) is 14.7. The molecule has 4 aliphatic rings. The Bertz CT molecular complexity index is 1520. The van der Waals surface area contributed by atoms with Crippen LogP contribution in [0.2, 0.25) is 0 Å². The van der Waals surface area contributed by atoms with Gasteiger partial charge in [0.25, 0.3) is 0 Å². The summed E-state index contributed by atoms with van der Waals surface area (Å²) in [5.41, 5.74) is 4.54. The molecule has 1 aromatic heterocycles. The number of nitrogens with zero attached hydrogens (tertiary/aromatic N) is 3. The van der Waals surface area contributed by atoms with E-state index in [0.29, 0.717) is 11.5 Å². The summed E-state index contributed by atoms with van der Waals surface area (Å²) in [5.74, 6) is 2.54. The second-order valence-electron chi connectivity index (χ2n) is 11.7. The van der Waals surface area contributed by atoms with Crippen molar-refractivity contribution in [2.45, 2.75) is 51.9 Å². The molecule has 4 aliphatic carbocycles. The molecule has 4 saturated carbocycles. The SMILES string of the molecule is Cc1cc2nn(-c3cccc4ccccc34)nc2cc1NC(=S)NC(=O)CC12CC3CC(CC(C3)C1)C2. The fraction of sp³-hybridized carbons (Fsp3) is 0.400. The van der Waals surface area contributed by atoms with Gasteiger partial charge in [0, 0.05) is 17.5 Å². The normalized spacial score (nSPS) is 26.0. The fourth-order valence-electron chi connectivity index (χ4n) is 7.86. The third-order valence-corrected chi connectivity index (χ3v) is 9.11. The molecule has 3 aromatic carbocycles. The molecule has 4 bridgehead atoms. The maximum absolute atomic E-state index is 13.0. The van der Waals surface area contributed by atoms with Crippen molar-refractivity contribution in [3.8, 4) is 5.69 Å². The fourth-order valence-corrected chi connectivity index (χ4v) is 8.09. The third-order valence-electron chi connectivity index (χ3n) is 8.91. The van der Waals surface area contributed by atoms with Gasteiger partial charge in [0.05, 0.1) is 5.69 Å². The highest BCUT2D eigenvalue weighted by Crippen LogP contribution is 2.61. The van der Waals surface area contributed by atoms with Crippen LogP contribution >= 0.6 is 12.2 Å². The van der Waals surface area contributed by atoms with Gasteiger partial charge in [-0.15, -0.1) is 15.0 Å². The van der Waals surface area contributed by atoms with E-state index in [-0.39, 0.29) is 11.3 Å². The molecular weight excluding hydrogens is 478 g/mol. The van der Waals surface area contributed by atoms with E-state index in [0.717, 1.165) is 56.5 Å². The lowest BCUT2D eigenvalue weighted by Crippen LogP contribution is -2.48. The first-order valence-electron chi connectivity index (χ1n) is 13.4. The van der Waals surface area contributed by atoms with Crippen LogP contribution in [0.5, 0.6) is 0 Å². The zero-order chi connectivity index (χ0) is 25.1. The van der Waals surface area contributed by atoms with E-state index in [9.17, 15) is 4.79 Å². The average Bonchev–Trinajstić information content (AvgIpc) is 3.25. The molecule has 0 aliphatic heterocycles. The predicted molar refractivity (Wildman–Crippen MR) is 151 cm³/mol. The quantitative estimate of drug-likeness (QED) is 0.316. The molecule has 0 atom stereocenters. The van der Waals surface area contributed by atoms with E-state index in [1.54, 1.807) is 4.80 Å². The maximum Gasteiger partial charge on any atom is 0.226 e. The summed E-state index contributed by atoms with van der Waals surface area (Å²) in [6.45, 7) is 2.01. The Morgan fingerprint density at radius 2 is 1.62 bits per heavy atom. The minimum absolute atomic E-state index is 0.0417. The van der Waals surface area contributed by atoms with Crippen molar-refractivity contribution >= 4 is 50.7 Å². The lowest BCUT2D eigenvalue weighted by molar-refractivity contribution is -0.127. The molecule has 1 amide bonds. The van der Waals surface area contributed by atoms with E-state index in [1.165, 1.54) is 38.5 Å². The predicted octanol–water partition coefficient (Wildman–Crippen LogP) is 6.30. The Morgan fingerprint density at radius 3 is 2.35 bits per heavy atom. The molecule has 6 nitrogen and oxygen atoms in total. The van der Waals surface area contributed by atoms with Gasteiger partial charge >= 0.3 is 0 Å². The smallest absolute Gasteiger partial charge is 0.226 e. The lowest BCUT2D eigenvalue weighted by atomic mass is 9.49. The second-order valence-corrected chi connectivity index (χ2v) is 12.1. The third kappa shape index (κ3) is 4.19. The first-order chi connectivity index (χ1) is 17.9.